The summed E-state index contributed by atoms with van der Waals surface area (Å²) < 4.78 is 0. The number of allylic oxidation sites excluding steroid dienone is 4. The van der Waals surface area contributed by atoms with Crippen LogP contribution < -0.4 is 0 Å². The Labute approximate surface area is 343 Å². The third-order valence-corrected chi connectivity index (χ3v) is 12.5. The molecule has 0 bridgehead atoms. The van der Waals surface area contributed by atoms with Crippen molar-refractivity contribution < 1.29 is 25.2 Å². The zero-order chi connectivity index (χ0) is 40.8. The lowest BCUT2D eigenvalue weighted by molar-refractivity contribution is -0.121. The van der Waals surface area contributed by atoms with Crippen LogP contribution in [0.3, 0.4) is 0 Å². The number of benzene rings is 3. The molecular formula is C52H70O5. The Morgan fingerprint density at radius 1 is 0.596 bits per heavy atom. The zero-order valence-electron chi connectivity index (χ0n) is 35.4. The standard InChI is InChI=1S/C52H70O5/c1-5-9-13-17-21-37-25-27-39(23-19-15-11-7-3)41(35-37)33-34-52-46(56)32-31-45(55)50(52)47-43(53)29-30-44(54)48(47)51(57)49(52)42-36-38(22-18-14-10-6-2)26-28-40(42)24-20-16-12-8-4/h25-36,49,51,53-55,57H,5-24H2,1-4H3/b34-33+/t49-,51-,52-/m0/s1. The summed E-state index contributed by atoms with van der Waals surface area (Å²) in [5.74, 6) is -1.67. The highest BCUT2D eigenvalue weighted by molar-refractivity contribution is 6.12. The highest BCUT2D eigenvalue weighted by Crippen LogP contribution is 2.64. The molecule has 57 heavy (non-hydrogen) atoms. The zero-order valence-corrected chi connectivity index (χ0v) is 35.4. The number of unbranched alkanes of at least 4 members (excludes halogenated alkanes) is 12. The molecule has 2 aliphatic carbocycles. The second-order valence-corrected chi connectivity index (χ2v) is 16.8. The molecule has 5 nitrogen and oxygen atoms in total. The molecule has 0 unspecified atom stereocenters. The maximum absolute atomic E-state index is 15.1. The summed E-state index contributed by atoms with van der Waals surface area (Å²) >= 11 is 0. The molecule has 3 aromatic carbocycles. The van der Waals surface area contributed by atoms with Crippen LogP contribution in [0.1, 0.15) is 187 Å². The number of carbonyl (C=O) groups is 1. The normalized spacial score (nSPS) is 19.1. The minimum absolute atomic E-state index is 0.128. The summed E-state index contributed by atoms with van der Waals surface area (Å²) in [5, 5.41) is 47.7. The van der Waals surface area contributed by atoms with Gasteiger partial charge in [-0.2, -0.15) is 0 Å². The minimum atomic E-state index is -1.58. The van der Waals surface area contributed by atoms with Crippen molar-refractivity contribution in [3.8, 4) is 11.5 Å². The van der Waals surface area contributed by atoms with Crippen molar-refractivity contribution in [1.29, 1.82) is 0 Å². The van der Waals surface area contributed by atoms with Crippen molar-refractivity contribution in [1.82, 2.24) is 0 Å². The number of fused-ring (bicyclic) bond motifs is 3. The van der Waals surface area contributed by atoms with Crippen molar-refractivity contribution in [2.45, 2.75) is 168 Å². The first-order valence-corrected chi connectivity index (χ1v) is 22.5. The Morgan fingerprint density at radius 2 is 1.12 bits per heavy atom. The number of aliphatic hydroxyl groups excluding tert-OH is 2. The predicted octanol–water partition coefficient (Wildman–Crippen LogP) is 13.5. The first-order chi connectivity index (χ1) is 27.7. The van der Waals surface area contributed by atoms with Crippen molar-refractivity contribution >= 4 is 17.4 Å². The van der Waals surface area contributed by atoms with Crippen LogP contribution in [0.15, 0.2) is 72.5 Å². The third-order valence-electron chi connectivity index (χ3n) is 12.5. The lowest BCUT2D eigenvalue weighted by atomic mass is 9.54. The molecule has 308 valence electrons. The SMILES string of the molecule is CCCCCCc1ccc(CCCCCC)c(/C=C/[C@@]23C(=O)C=CC(O)=C2c2c(O)ccc(O)c2[C@H](O)[C@@H]3c2cc(CCCCCC)ccc2CCCCCC)c1. The fraction of sp³-hybridized carbons (Fsp3) is 0.519. The van der Waals surface area contributed by atoms with Gasteiger partial charge < -0.3 is 20.4 Å². The van der Waals surface area contributed by atoms with E-state index in [1.807, 2.05) is 6.08 Å². The third kappa shape index (κ3) is 10.3. The number of phenols is 2. The average molecular weight is 775 g/mol. The summed E-state index contributed by atoms with van der Waals surface area (Å²) in [6, 6.07) is 16.1. The van der Waals surface area contributed by atoms with Crippen LogP contribution in [0.5, 0.6) is 11.5 Å². The van der Waals surface area contributed by atoms with Crippen molar-refractivity contribution in [3.63, 3.8) is 0 Å². The van der Waals surface area contributed by atoms with Gasteiger partial charge in [0.05, 0.1) is 11.5 Å². The van der Waals surface area contributed by atoms with Crippen molar-refractivity contribution in [2.75, 3.05) is 0 Å². The van der Waals surface area contributed by atoms with Gasteiger partial charge in [0.2, 0.25) is 0 Å². The molecule has 0 saturated heterocycles. The van der Waals surface area contributed by atoms with Crippen LogP contribution in [0.25, 0.3) is 11.6 Å². The van der Waals surface area contributed by atoms with E-state index in [0.717, 1.165) is 119 Å². The van der Waals surface area contributed by atoms with Gasteiger partial charge in [-0.1, -0.05) is 153 Å². The maximum Gasteiger partial charge on any atom is 0.171 e. The van der Waals surface area contributed by atoms with E-state index in [4.69, 9.17) is 0 Å². The van der Waals surface area contributed by atoms with Gasteiger partial charge in [-0.3, -0.25) is 4.79 Å². The Morgan fingerprint density at radius 3 is 1.72 bits per heavy atom. The van der Waals surface area contributed by atoms with Gasteiger partial charge in [0.15, 0.2) is 5.78 Å². The van der Waals surface area contributed by atoms with Crippen LogP contribution in [-0.4, -0.2) is 26.2 Å². The summed E-state index contributed by atoms with van der Waals surface area (Å²) in [5.41, 5.74) is 5.51. The lowest BCUT2D eigenvalue weighted by Gasteiger charge is -2.48. The molecule has 0 amide bonds. The van der Waals surface area contributed by atoms with Crippen LogP contribution >= 0.6 is 0 Å². The Kier molecular flexibility index (Phi) is 16.7. The van der Waals surface area contributed by atoms with E-state index in [1.165, 1.54) is 67.5 Å². The van der Waals surface area contributed by atoms with Crippen molar-refractivity contribution in [2.24, 2.45) is 5.41 Å². The summed E-state index contributed by atoms with van der Waals surface area (Å²) in [4.78, 5) is 15.1. The van der Waals surface area contributed by atoms with Gasteiger partial charge in [0.25, 0.3) is 0 Å². The Bertz CT molecular complexity index is 1880. The molecule has 0 spiro atoms. The molecule has 0 aromatic heterocycles. The quantitative estimate of drug-likeness (QED) is 0.0568. The number of ketones is 1. The van der Waals surface area contributed by atoms with Crippen LogP contribution in [-0.2, 0) is 30.5 Å². The van der Waals surface area contributed by atoms with Crippen LogP contribution in [0, 0.1) is 5.41 Å². The van der Waals surface area contributed by atoms with Gasteiger partial charge in [0.1, 0.15) is 17.3 Å². The monoisotopic (exact) mass is 775 g/mol. The van der Waals surface area contributed by atoms with E-state index in [-0.39, 0.29) is 39.7 Å². The summed E-state index contributed by atoms with van der Waals surface area (Å²) in [6.07, 6.45) is 27.1. The number of phenolic OH excluding ortho intramolecular Hbond substituents is 2. The van der Waals surface area contributed by atoms with E-state index >= 15 is 4.79 Å². The number of rotatable bonds is 23. The van der Waals surface area contributed by atoms with Gasteiger partial charge in [-0.25, -0.2) is 0 Å². The molecule has 3 atom stereocenters. The molecule has 0 fully saturated rings. The highest BCUT2D eigenvalue weighted by atomic mass is 16.3. The topological polar surface area (TPSA) is 98.0 Å². The fourth-order valence-electron chi connectivity index (χ4n) is 9.33. The molecule has 0 aliphatic heterocycles. The van der Waals surface area contributed by atoms with Gasteiger partial charge in [-0.05, 0) is 109 Å². The summed E-state index contributed by atoms with van der Waals surface area (Å²) in [6.45, 7) is 8.86. The number of aromatic hydroxyl groups is 2. The molecule has 0 heterocycles. The smallest absolute Gasteiger partial charge is 0.171 e. The number of aryl methyl sites for hydroxylation is 4. The van der Waals surface area contributed by atoms with E-state index < -0.39 is 17.4 Å². The lowest BCUT2D eigenvalue weighted by Crippen LogP contribution is -2.44. The molecule has 3 aromatic rings. The average Bonchev–Trinajstić information content (AvgIpc) is 3.21. The van der Waals surface area contributed by atoms with Gasteiger partial charge in [0, 0.05) is 22.6 Å². The largest absolute Gasteiger partial charge is 0.508 e. The highest BCUT2D eigenvalue weighted by Gasteiger charge is 2.58. The first kappa shape index (κ1) is 44.0. The minimum Gasteiger partial charge on any atom is -0.508 e. The molecule has 5 heteroatoms. The molecular weight excluding hydrogens is 705 g/mol. The second kappa shape index (κ2) is 21.6. The fourth-order valence-corrected chi connectivity index (χ4v) is 9.33. The molecule has 5 rings (SSSR count). The van der Waals surface area contributed by atoms with E-state index in [2.05, 4.69) is 70.2 Å². The van der Waals surface area contributed by atoms with Crippen LogP contribution in [0.4, 0.5) is 0 Å². The molecule has 0 radical (unpaired) electrons. The first-order valence-electron chi connectivity index (χ1n) is 22.5. The second-order valence-electron chi connectivity index (χ2n) is 16.8. The van der Waals surface area contributed by atoms with E-state index in [1.54, 1.807) is 0 Å². The van der Waals surface area contributed by atoms with Crippen molar-refractivity contribution in [3.05, 3.63) is 117 Å². The maximum atomic E-state index is 15.1. The molecule has 2 aliphatic rings. The predicted molar refractivity (Wildman–Crippen MR) is 237 cm³/mol. The number of hydrogen-bond acceptors (Lipinski definition) is 5. The number of hydrogen-bond donors (Lipinski definition) is 4. The summed E-state index contributed by atoms with van der Waals surface area (Å²) in [7, 11) is 0. The number of aliphatic hydroxyl groups is 2. The Hall–Kier alpha value is -4.09. The van der Waals surface area contributed by atoms with E-state index in [9.17, 15) is 20.4 Å². The van der Waals surface area contributed by atoms with E-state index in [0.29, 0.717) is 0 Å². The number of carbonyl (C=O) groups excluding carboxylic acids is 1. The molecule has 4 N–H and O–H groups in total. The Balaban J connectivity index is 1.75. The molecule has 0 saturated carbocycles. The van der Waals surface area contributed by atoms with Gasteiger partial charge >= 0.3 is 0 Å². The van der Waals surface area contributed by atoms with Crippen LogP contribution in [0.2, 0.25) is 0 Å². The van der Waals surface area contributed by atoms with Gasteiger partial charge in [-0.15, -0.1) is 0 Å².